The summed E-state index contributed by atoms with van der Waals surface area (Å²) in [7, 11) is 0. The first kappa shape index (κ1) is 14.5. The molecule has 1 rings (SSSR count). The van der Waals surface area contributed by atoms with Crippen LogP contribution in [0.15, 0.2) is 0 Å². The molecule has 1 amide bonds. The predicted octanol–water partition coefficient (Wildman–Crippen LogP) is 1.14. The van der Waals surface area contributed by atoms with Crippen LogP contribution in [0.2, 0.25) is 0 Å². The molecule has 100 valence electrons. The van der Waals surface area contributed by atoms with Crippen LogP contribution in [0.25, 0.3) is 0 Å². The van der Waals surface area contributed by atoms with Gasteiger partial charge in [0.05, 0.1) is 0 Å². The summed E-state index contributed by atoms with van der Waals surface area (Å²) in [5.74, 6) is 0.106. The second-order valence-corrected chi connectivity index (χ2v) is 5.23. The Morgan fingerprint density at radius 1 is 1.41 bits per heavy atom. The number of nitrogens with zero attached hydrogens (tertiary/aromatic N) is 1. The molecule has 1 aliphatic rings. The van der Waals surface area contributed by atoms with Gasteiger partial charge in [0.2, 0.25) is 5.91 Å². The molecular weight excluding hydrogens is 216 g/mol. The Morgan fingerprint density at radius 2 is 2.06 bits per heavy atom. The van der Waals surface area contributed by atoms with Crippen molar-refractivity contribution in [3.63, 3.8) is 0 Å². The third kappa shape index (κ3) is 5.04. The molecule has 0 spiro atoms. The zero-order valence-electron chi connectivity index (χ0n) is 11.2. The Hall–Kier alpha value is -0.610. The Bertz CT molecular complexity index is 240. The maximum Gasteiger partial charge on any atom is 0.221 e. The van der Waals surface area contributed by atoms with Gasteiger partial charge in [-0.3, -0.25) is 4.79 Å². The summed E-state index contributed by atoms with van der Waals surface area (Å²) in [4.78, 5) is 14.2. The fourth-order valence-corrected chi connectivity index (χ4v) is 2.24. The van der Waals surface area contributed by atoms with E-state index in [-0.39, 0.29) is 18.1 Å². The Labute approximate surface area is 104 Å². The summed E-state index contributed by atoms with van der Waals surface area (Å²) >= 11 is 0. The first-order valence-electron chi connectivity index (χ1n) is 6.74. The van der Waals surface area contributed by atoms with Gasteiger partial charge in [-0.25, -0.2) is 0 Å². The molecule has 0 saturated carbocycles. The first-order valence-corrected chi connectivity index (χ1v) is 6.74. The molecule has 17 heavy (non-hydrogen) atoms. The molecule has 1 unspecified atom stereocenters. The van der Waals surface area contributed by atoms with E-state index < -0.39 is 0 Å². The van der Waals surface area contributed by atoms with E-state index in [1.54, 1.807) is 0 Å². The number of aliphatic hydroxyl groups is 1. The number of carbonyl (C=O) groups is 1. The minimum absolute atomic E-state index is 0.106. The molecule has 0 bridgehead atoms. The zero-order valence-corrected chi connectivity index (χ0v) is 11.2. The predicted molar refractivity (Wildman–Crippen MR) is 68.8 cm³/mol. The van der Waals surface area contributed by atoms with E-state index in [4.69, 9.17) is 5.11 Å². The molecule has 0 aromatic carbocycles. The SMILES string of the molecule is CCC(C)(CCO)NC(=O)CCN1CCCC1. The van der Waals surface area contributed by atoms with Crippen LogP contribution in [0, 0.1) is 0 Å². The van der Waals surface area contributed by atoms with Crippen molar-refractivity contribution < 1.29 is 9.90 Å². The highest BCUT2D eigenvalue weighted by molar-refractivity contribution is 5.76. The monoisotopic (exact) mass is 242 g/mol. The molecule has 1 fully saturated rings. The van der Waals surface area contributed by atoms with Gasteiger partial charge in [0.15, 0.2) is 0 Å². The summed E-state index contributed by atoms with van der Waals surface area (Å²) in [5.41, 5.74) is -0.253. The molecule has 1 saturated heterocycles. The van der Waals surface area contributed by atoms with Gasteiger partial charge >= 0.3 is 0 Å². The van der Waals surface area contributed by atoms with Crippen molar-refractivity contribution in [3.05, 3.63) is 0 Å². The fraction of sp³-hybridized carbons (Fsp3) is 0.923. The second kappa shape index (κ2) is 6.97. The van der Waals surface area contributed by atoms with Crippen LogP contribution in [0.5, 0.6) is 0 Å². The van der Waals surface area contributed by atoms with Crippen molar-refractivity contribution in [3.8, 4) is 0 Å². The van der Waals surface area contributed by atoms with Gasteiger partial charge in [-0.05, 0) is 45.7 Å². The lowest BCUT2D eigenvalue weighted by Crippen LogP contribution is -2.46. The third-order valence-corrected chi connectivity index (χ3v) is 3.74. The minimum atomic E-state index is -0.253. The van der Waals surface area contributed by atoms with E-state index in [1.807, 2.05) is 13.8 Å². The Kier molecular flexibility index (Phi) is 5.92. The summed E-state index contributed by atoms with van der Waals surface area (Å²) in [6.45, 7) is 7.29. The average molecular weight is 242 g/mol. The number of nitrogens with one attached hydrogen (secondary N) is 1. The van der Waals surface area contributed by atoms with Gasteiger partial charge in [-0.15, -0.1) is 0 Å². The van der Waals surface area contributed by atoms with E-state index in [2.05, 4.69) is 10.2 Å². The number of aliphatic hydroxyl groups excluding tert-OH is 1. The van der Waals surface area contributed by atoms with Gasteiger partial charge in [0.25, 0.3) is 0 Å². The molecule has 1 aliphatic heterocycles. The Morgan fingerprint density at radius 3 is 2.59 bits per heavy atom. The summed E-state index contributed by atoms with van der Waals surface area (Å²) in [6.07, 6.45) is 4.57. The highest BCUT2D eigenvalue weighted by Gasteiger charge is 2.23. The van der Waals surface area contributed by atoms with Gasteiger partial charge in [0, 0.05) is 25.1 Å². The van der Waals surface area contributed by atoms with Gasteiger partial charge in [-0.1, -0.05) is 6.92 Å². The number of likely N-dealkylation sites (tertiary alicyclic amines) is 1. The summed E-state index contributed by atoms with van der Waals surface area (Å²) < 4.78 is 0. The molecule has 0 aliphatic carbocycles. The molecule has 4 nitrogen and oxygen atoms in total. The number of hydrogen-bond donors (Lipinski definition) is 2. The molecule has 0 aromatic heterocycles. The molecule has 0 aromatic rings. The first-order chi connectivity index (χ1) is 8.09. The van der Waals surface area contributed by atoms with Crippen molar-refractivity contribution in [1.29, 1.82) is 0 Å². The van der Waals surface area contributed by atoms with Crippen LogP contribution in [0.3, 0.4) is 0 Å². The normalized spacial score (nSPS) is 20.2. The molecule has 4 heteroatoms. The minimum Gasteiger partial charge on any atom is -0.396 e. The van der Waals surface area contributed by atoms with Crippen LogP contribution in [0.4, 0.5) is 0 Å². The van der Waals surface area contributed by atoms with Crippen molar-refractivity contribution in [2.24, 2.45) is 0 Å². The maximum atomic E-state index is 11.8. The molecule has 1 atom stereocenters. The van der Waals surface area contributed by atoms with Crippen LogP contribution < -0.4 is 5.32 Å². The highest BCUT2D eigenvalue weighted by atomic mass is 16.3. The maximum absolute atomic E-state index is 11.8. The lowest BCUT2D eigenvalue weighted by molar-refractivity contribution is -0.123. The van der Waals surface area contributed by atoms with Gasteiger partial charge < -0.3 is 15.3 Å². The van der Waals surface area contributed by atoms with Crippen LogP contribution in [-0.2, 0) is 4.79 Å². The fourth-order valence-electron chi connectivity index (χ4n) is 2.24. The van der Waals surface area contributed by atoms with E-state index in [9.17, 15) is 4.79 Å². The second-order valence-electron chi connectivity index (χ2n) is 5.23. The Balaban J connectivity index is 2.26. The molecule has 0 radical (unpaired) electrons. The summed E-state index contributed by atoms with van der Waals surface area (Å²) in [5, 5.41) is 12.0. The van der Waals surface area contributed by atoms with E-state index in [0.29, 0.717) is 12.8 Å². The lowest BCUT2D eigenvalue weighted by atomic mass is 9.95. The van der Waals surface area contributed by atoms with Gasteiger partial charge in [0.1, 0.15) is 0 Å². The standard InChI is InChI=1S/C13H26N2O2/c1-3-13(2,7-11-16)14-12(17)6-10-15-8-4-5-9-15/h16H,3-11H2,1-2H3,(H,14,17). The number of carbonyl (C=O) groups excluding carboxylic acids is 1. The summed E-state index contributed by atoms with van der Waals surface area (Å²) in [6, 6.07) is 0. The van der Waals surface area contributed by atoms with Crippen molar-refractivity contribution in [2.75, 3.05) is 26.2 Å². The van der Waals surface area contributed by atoms with Crippen molar-refractivity contribution in [2.45, 2.75) is 51.5 Å². The van der Waals surface area contributed by atoms with E-state index in [0.717, 1.165) is 26.1 Å². The largest absolute Gasteiger partial charge is 0.396 e. The lowest BCUT2D eigenvalue weighted by Gasteiger charge is -2.29. The smallest absolute Gasteiger partial charge is 0.221 e. The van der Waals surface area contributed by atoms with Crippen molar-refractivity contribution in [1.82, 2.24) is 10.2 Å². The molecular formula is C13H26N2O2. The molecule has 2 N–H and O–H groups in total. The molecule has 1 heterocycles. The van der Waals surface area contributed by atoms with E-state index >= 15 is 0 Å². The zero-order chi connectivity index (χ0) is 12.7. The quantitative estimate of drug-likeness (QED) is 0.704. The van der Waals surface area contributed by atoms with Crippen LogP contribution in [-0.4, -0.2) is 47.7 Å². The average Bonchev–Trinajstić information content (AvgIpc) is 2.79. The van der Waals surface area contributed by atoms with Crippen molar-refractivity contribution >= 4 is 5.91 Å². The van der Waals surface area contributed by atoms with Crippen LogP contribution in [0.1, 0.15) is 46.0 Å². The third-order valence-electron chi connectivity index (χ3n) is 3.74. The number of rotatable bonds is 7. The van der Waals surface area contributed by atoms with Crippen LogP contribution >= 0.6 is 0 Å². The van der Waals surface area contributed by atoms with E-state index in [1.165, 1.54) is 12.8 Å². The number of amides is 1. The highest BCUT2D eigenvalue weighted by Crippen LogP contribution is 2.14. The topological polar surface area (TPSA) is 52.6 Å². The number of hydrogen-bond acceptors (Lipinski definition) is 3. The van der Waals surface area contributed by atoms with Gasteiger partial charge in [-0.2, -0.15) is 0 Å².